The number of aromatic nitrogens is 5. The first-order chi connectivity index (χ1) is 14.2. The Morgan fingerprint density at radius 1 is 1.07 bits per heavy atom. The number of fused-ring (bicyclic) bond motifs is 1. The maximum atomic E-state index is 13.3. The average molecular weight is 388 g/mol. The molecule has 0 saturated heterocycles. The van der Waals surface area contributed by atoms with Gasteiger partial charge in [0.1, 0.15) is 5.82 Å². The van der Waals surface area contributed by atoms with E-state index in [1.54, 1.807) is 58.3 Å². The molecule has 0 aliphatic heterocycles. The van der Waals surface area contributed by atoms with Gasteiger partial charge in [0.25, 0.3) is 5.91 Å². The summed E-state index contributed by atoms with van der Waals surface area (Å²) in [6.07, 6.45) is 7.64. The van der Waals surface area contributed by atoms with Gasteiger partial charge in [-0.2, -0.15) is 10.2 Å². The number of nitrogens with zero attached hydrogens (tertiary/aromatic N) is 5. The molecule has 1 aliphatic rings. The zero-order chi connectivity index (χ0) is 19.8. The fraction of sp³-hybridized carbons (Fsp3) is 0.143. The zero-order valence-electron chi connectivity index (χ0n) is 15.4. The zero-order valence-corrected chi connectivity index (χ0v) is 15.4. The Labute approximate surface area is 165 Å². The molecule has 0 atom stereocenters. The summed E-state index contributed by atoms with van der Waals surface area (Å²) in [6.45, 7) is 0. The SMILES string of the molecule is O=C(Nc1cccnc1-n1cccn1)c1nn(-c2ccc(F)cc2)c2c1CCC2. The Bertz CT molecular complexity index is 1180. The largest absolute Gasteiger partial charge is 0.317 e. The van der Waals surface area contributed by atoms with Gasteiger partial charge >= 0.3 is 0 Å². The van der Waals surface area contributed by atoms with Gasteiger partial charge in [0, 0.05) is 29.8 Å². The van der Waals surface area contributed by atoms with Crippen LogP contribution in [0.4, 0.5) is 10.1 Å². The summed E-state index contributed by atoms with van der Waals surface area (Å²) < 4.78 is 16.6. The summed E-state index contributed by atoms with van der Waals surface area (Å²) in [6, 6.07) is 11.4. The minimum Gasteiger partial charge on any atom is -0.317 e. The first kappa shape index (κ1) is 17.3. The molecule has 3 aromatic heterocycles. The maximum Gasteiger partial charge on any atom is 0.276 e. The molecule has 7 nitrogen and oxygen atoms in total. The standard InChI is InChI=1S/C21H17FN6O/c22-14-7-9-15(10-8-14)28-18-6-1-4-16(18)19(26-28)21(29)25-17-5-2-11-23-20(17)27-13-3-12-24-27/h2-3,5,7-13H,1,4,6H2,(H,25,29). The van der Waals surface area contributed by atoms with E-state index in [0.717, 1.165) is 36.2 Å². The molecule has 0 radical (unpaired) electrons. The molecule has 29 heavy (non-hydrogen) atoms. The smallest absolute Gasteiger partial charge is 0.276 e. The summed E-state index contributed by atoms with van der Waals surface area (Å²) in [5, 5.41) is 11.7. The van der Waals surface area contributed by atoms with Gasteiger partial charge in [0.15, 0.2) is 11.5 Å². The highest BCUT2D eigenvalue weighted by atomic mass is 19.1. The summed E-state index contributed by atoms with van der Waals surface area (Å²) >= 11 is 0. The monoisotopic (exact) mass is 388 g/mol. The molecule has 144 valence electrons. The van der Waals surface area contributed by atoms with E-state index in [2.05, 4.69) is 20.5 Å². The first-order valence-electron chi connectivity index (χ1n) is 9.34. The molecule has 0 spiro atoms. The second kappa shape index (κ2) is 6.97. The molecule has 0 bridgehead atoms. The molecule has 8 heteroatoms. The van der Waals surface area contributed by atoms with Crippen molar-refractivity contribution in [2.75, 3.05) is 5.32 Å². The van der Waals surface area contributed by atoms with Gasteiger partial charge in [0.2, 0.25) is 0 Å². The Balaban J connectivity index is 1.51. The van der Waals surface area contributed by atoms with E-state index in [1.165, 1.54) is 12.1 Å². The molecular formula is C21H17FN6O. The number of hydrogen-bond donors (Lipinski definition) is 1. The minimum atomic E-state index is -0.307. The number of amides is 1. The van der Waals surface area contributed by atoms with E-state index in [0.29, 0.717) is 17.2 Å². The van der Waals surface area contributed by atoms with Crippen molar-refractivity contribution < 1.29 is 9.18 Å². The lowest BCUT2D eigenvalue weighted by Gasteiger charge is -2.09. The van der Waals surface area contributed by atoms with Crippen molar-refractivity contribution in [2.24, 2.45) is 0 Å². The molecule has 4 aromatic rings. The van der Waals surface area contributed by atoms with Crippen molar-refractivity contribution in [1.82, 2.24) is 24.5 Å². The number of anilines is 1. The van der Waals surface area contributed by atoms with Crippen molar-refractivity contribution in [3.63, 3.8) is 0 Å². The fourth-order valence-corrected chi connectivity index (χ4v) is 3.67. The third-order valence-electron chi connectivity index (χ3n) is 4.97. The number of carbonyl (C=O) groups is 1. The molecule has 0 saturated carbocycles. The Morgan fingerprint density at radius 2 is 1.93 bits per heavy atom. The van der Waals surface area contributed by atoms with Crippen LogP contribution in [0.25, 0.3) is 11.5 Å². The Morgan fingerprint density at radius 3 is 2.72 bits per heavy atom. The number of benzene rings is 1. The van der Waals surface area contributed by atoms with Crippen molar-refractivity contribution in [3.8, 4) is 11.5 Å². The minimum absolute atomic E-state index is 0.301. The number of pyridine rings is 1. The van der Waals surface area contributed by atoms with Crippen LogP contribution in [0.3, 0.4) is 0 Å². The molecule has 1 aliphatic carbocycles. The lowest BCUT2D eigenvalue weighted by molar-refractivity contribution is 0.102. The van der Waals surface area contributed by atoms with Crippen LogP contribution in [0.15, 0.2) is 61.1 Å². The van der Waals surface area contributed by atoms with Crippen LogP contribution in [0, 0.1) is 5.82 Å². The third kappa shape index (κ3) is 3.08. The van der Waals surface area contributed by atoms with Crippen LogP contribution in [-0.4, -0.2) is 30.5 Å². The number of carbonyl (C=O) groups excluding carboxylic acids is 1. The predicted octanol–water partition coefficient (Wildman–Crippen LogP) is 3.33. The quantitative estimate of drug-likeness (QED) is 0.582. The van der Waals surface area contributed by atoms with Gasteiger partial charge in [-0.05, 0) is 61.7 Å². The number of nitrogens with one attached hydrogen (secondary N) is 1. The van der Waals surface area contributed by atoms with Gasteiger partial charge in [-0.15, -0.1) is 0 Å². The molecule has 5 rings (SSSR count). The van der Waals surface area contributed by atoms with Crippen LogP contribution >= 0.6 is 0 Å². The molecule has 0 unspecified atom stereocenters. The normalized spacial score (nSPS) is 12.7. The molecule has 0 fully saturated rings. The summed E-state index contributed by atoms with van der Waals surface area (Å²) in [7, 11) is 0. The maximum absolute atomic E-state index is 13.3. The van der Waals surface area contributed by atoms with Gasteiger partial charge in [0.05, 0.1) is 11.4 Å². The highest BCUT2D eigenvalue weighted by Gasteiger charge is 2.27. The van der Waals surface area contributed by atoms with Gasteiger partial charge in [-0.25, -0.2) is 18.7 Å². The molecule has 1 N–H and O–H groups in total. The van der Waals surface area contributed by atoms with Crippen LogP contribution in [-0.2, 0) is 12.8 Å². The number of rotatable bonds is 4. The van der Waals surface area contributed by atoms with E-state index >= 15 is 0 Å². The molecular weight excluding hydrogens is 371 g/mol. The third-order valence-corrected chi connectivity index (χ3v) is 4.97. The second-order valence-electron chi connectivity index (χ2n) is 6.79. The van der Waals surface area contributed by atoms with Gasteiger partial charge in [-0.3, -0.25) is 4.79 Å². The summed E-state index contributed by atoms with van der Waals surface area (Å²) in [4.78, 5) is 17.4. The van der Waals surface area contributed by atoms with E-state index < -0.39 is 0 Å². The van der Waals surface area contributed by atoms with Crippen LogP contribution in [0.1, 0.15) is 28.2 Å². The Hall–Kier alpha value is -3.81. The summed E-state index contributed by atoms with van der Waals surface area (Å²) in [5.74, 6) is -0.0795. The van der Waals surface area contributed by atoms with Crippen LogP contribution in [0.5, 0.6) is 0 Å². The van der Waals surface area contributed by atoms with E-state index in [1.807, 2.05) is 0 Å². The average Bonchev–Trinajstić information content (AvgIpc) is 3.47. The van der Waals surface area contributed by atoms with Crippen LogP contribution < -0.4 is 5.32 Å². The number of halogens is 1. The van der Waals surface area contributed by atoms with Crippen molar-refractivity contribution in [1.29, 1.82) is 0 Å². The van der Waals surface area contributed by atoms with E-state index in [4.69, 9.17) is 0 Å². The van der Waals surface area contributed by atoms with Crippen molar-refractivity contribution in [2.45, 2.75) is 19.3 Å². The topological polar surface area (TPSA) is 77.6 Å². The highest BCUT2D eigenvalue weighted by Crippen LogP contribution is 2.29. The lowest BCUT2D eigenvalue weighted by Crippen LogP contribution is -2.17. The van der Waals surface area contributed by atoms with Crippen LogP contribution in [0.2, 0.25) is 0 Å². The van der Waals surface area contributed by atoms with E-state index in [9.17, 15) is 9.18 Å². The van der Waals surface area contributed by atoms with Crippen molar-refractivity contribution >= 4 is 11.6 Å². The molecule has 1 amide bonds. The highest BCUT2D eigenvalue weighted by molar-refractivity contribution is 6.05. The second-order valence-corrected chi connectivity index (χ2v) is 6.79. The lowest BCUT2D eigenvalue weighted by atomic mass is 10.2. The molecule has 3 heterocycles. The summed E-state index contributed by atoms with van der Waals surface area (Å²) in [5.41, 5.74) is 3.61. The predicted molar refractivity (Wildman–Crippen MR) is 105 cm³/mol. The van der Waals surface area contributed by atoms with E-state index in [-0.39, 0.29) is 11.7 Å². The first-order valence-corrected chi connectivity index (χ1v) is 9.34. The fourth-order valence-electron chi connectivity index (χ4n) is 3.67. The molecule has 1 aromatic carbocycles. The van der Waals surface area contributed by atoms with Crippen molar-refractivity contribution in [3.05, 3.63) is 83.8 Å². The van der Waals surface area contributed by atoms with Gasteiger partial charge < -0.3 is 5.32 Å². The Kier molecular flexibility index (Phi) is 4.16. The van der Waals surface area contributed by atoms with Gasteiger partial charge in [-0.1, -0.05) is 0 Å². The number of hydrogen-bond acceptors (Lipinski definition) is 4.